The number of hydrogen-bond acceptors (Lipinski definition) is 3. The van der Waals surface area contributed by atoms with E-state index in [4.69, 9.17) is 4.74 Å². The zero-order valence-corrected chi connectivity index (χ0v) is 30.3. The number of ether oxygens (including phenoxy) is 1. The number of para-hydroxylation sites is 1. The third kappa shape index (κ3) is 5.20. The van der Waals surface area contributed by atoms with Crippen LogP contribution in [0.5, 0.6) is 11.5 Å². The first kappa shape index (κ1) is 31.9. The lowest BCUT2D eigenvalue weighted by Crippen LogP contribution is -2.34. The molecule has 0 aliphatic carbocycles. The Morgan fingerprint density at radius 1 is 0.426 bits per heavy atom. The zero-order chi connectivity index (χ0) is 36.2. The van der Waals surface area contributed by atoms with Gasteiger partial charge in [-0.1, -0.05) is 153 Å². The minimum absolute atomic E-state index is 0.363. The monoisotopic (exact) mass is 694 g/mol. The van der Waals surface area contributed by atoms with Crippen molar-refractivity contribution < 1.29 is 4.74 Å². The van der Waals surface area contributed by atoms with E-state index in [2.05, 4.69) is 218 Å². The number of rotatable bonds is 6. The van der Waals surface area contributed by atoms with Gasteiger partial charge in [0.15, 0.2) is 11.5 Å². The van der Waals surface area contributed by atoms with Gasteiger partial charge in [0.1, 0.15) is 0 Å². The number of nitrogens with zero attached hydrogens (tertiary/aromatic N) is 2. The molecule has 54 heavy (non-hydrogen) atoms. The first-order valence-electron chi connectivity index (χ1n) is 18.6. The van der Waals surface area contributed by atoms with Crippen molar-refractivity contribution in [1.29, 1.82) is 0 Å². The van der Waals surface area contributed by atoms with Gasteiger partial charge < -0.3 is 14.5 Å². The van der Waals surface area contributed by atoms with Gasteiger partial charge >= 0.3 is 0 Å². The van der Waals surface area contributed by atoms with Gasteiger partial charge in [0.2, 0.25) is 0 Å². The second kappa shape index (κ2) is 12.7. The number of benzene rings is 8. The van der Waals surface area contributed by atoms with E-state index in [1.165, 1.54) is 39.1 Å². The Labute approximate surface area is 317 Å². The van der Waals surface area contributed by atoms with Crippen molar-refractivity contribution >= 4 is 34.1 Å². The van der Waals surface area contributed by atoms with Crippen LogP contribution in [0, 0.1) is 0 Å². The number of fused-ring (bicyclic) bond motifs is 4. The SMILES string of the molecule is CC1(C)c2ccccc2N2c3ccc(-c4ccccc4)cc3Oc3ccc(N(c4ccc(-c5ccccc5)cc4)c4cccc(-c5ccccc5)c4)c1c32. The van der Waals surface area contributed by atoms with Crippen molar-refractivity contribution in [2.24, 2.45) is 0 Å². The van der Waals surface area contributed by atoms with Crippen molar-refractivity contribution in [3.63, 3.8) is 0 Å². The van der Waals surface area contributed by atoms with Gasteiger partial charge in [-0.15, -0.1) is 0 Å². The van der Waals surface area contributed by atoms with Gasteiger partial charge in [-0.25, -0.2) is 0 Å². The summed E-state index contributed by atoms with van der Waals surface area (Å²) in [6.07, 6.45) is 0. The van der Waals surface area contributed by atoms with Gasteiger partial charge in [-0.2, -0.15) is 0 Å². The molecule has 10 rings (SSSR count). The highest BCUT2D eigenvalue weighted by atomic mass is 16.5. The van der Waals surface area contributed by atoms with E-state index in [0.717, 1.165) is 51.1 Å². The maximum atomic E-state index is 6.92. The van der Waals surface area contributed by atoms with Gasteiger partial charge in [0, 0.05) is 22.4 Å². The Morgan fingerprint density at radius 3 is 1.67 bits per heavy atom. The van der Waals surface area contributed by atoms with Crippen LogP contribution in [0.3, 0.4) is 0 Å². The second-order valence-electron chi connectivity index (χ2n) is 14.6. The molecule has 0 radical (unpaired) electrons. The van der Waals surface area contributed by atoms with E-state index in [9.17, 15) is 0 Å². The van der Waals surface area contributed by atoms with Crippen LogP contribution in [-0.4, -0.2) is 0 Å². The van der Waals surface area contributed by atoms with E-state index < -0.39 is 0 Å². The average molecular weight is 695 g/mol. The Balaban J connectivity index is 1.20. The molecule has 0 spiro atoms. The minimum atomic E-state index is -0.363. The maximum Gasteiger partial charge on any atom is 0.152 e. The first-order valence-corrected chi connectivity index (χ1v) is 18.6. The molecule has 0 atom stereocenters. The topological polar surface area (TPSA) is 15.7 Å². The molecule has 0 saturated heterocycles. The summed E-state index contributed by atoms with van der Waals surface area (Å²) in [6.45, 7) is 4.71. The van der Waals surface area contributed by atoms with Crippen molar-refractivity contribution in [3.8, 4) is 44.9 Å². The summed E-state index contributed by atoms with van der Waals surface area (Å²) in [5, 5.41) is 0. The predicted molar refractivity (Wildman–Crippen MR) is 224 cm³/mol. The smallest absolute Gasteiger partial charge is 0.152 e. The van der Waals surface area contributed by atoms with Gasteiger partial charge in [0.25, 0.3) is 0 Å². The average Bonchev–Trinajstić information content (AvgIpc) is 3.23. The molecular formula is C51H38N2O. The lowest BCUT2D eigenvalue weighted by atomic mass is 9.72. The van der Waals surface area contributed by atoms with E-state index in [0.29, 0.717) is 0 Å². The van der Waals surface area contributed by atoms with Crippen LogP contribution in [0.25, 0.3) is 33.4 Å². The predicted octanol–water partition coefficient (Wildman–Crippen LogP) is 14.4. The summed E-state index contributed by atoms with van der Waals surface area (Å²) >= 11 is 0. The van der Waals surface area contributed by atoms with Crippen LogP contribution in [0.2, 0.25) is 0 Å². The molecule has 0 unspecified atom stereocenters. The van der Waals surface area contributed by atoms with Crippen LogP contribution in [-0.2, 0) is 5.41 Å². The molecule has 2 aliphatic rings. The molecule has 258 valence electrons. The maximum absolute atomic E-state index is 6.92. The summed E-state index contributed by atoms with van der Waals surface area (Å²) in [7, 11) is 0. The standard InChI is InChI=1S/C51H38N2O/c1-51(2)43-23-12-13-24-44(43)53-45-30-27-40(37-19-10-5-11-20-37)34-48(45)54-47-32-31-46(49(51)50(47)53)52(41-28-25-38(26-29-41)35-15-6-3-7-16-35)42-22-14-21-39(33-42)36-17-8-4-9-18-36/h3-34H,1-2H3. The Bertz CT molecular complexity index is 2650. The minimum Gasteiger partial charge on any atom is -0.453 e. The highest BCUT2D eigenvalue weighted by molar-refractivity contribution is 5.98. The largest absolute Gasteiger partial charge is 0.453 e. The molecular weight excluding hydrogens is 657 g/mol. The third-order valence-corrected chi connectivity index (χ3v) is 11.0. The summed E-state index contributed by atoms with van der Waals surface area (Å²) in [4.78, 5) is 4.86. The van der Waals surface area contributed by atoms with Crippen LogP contribution >= 0.6 is 0 Å². The fourth-order valence-corrected chi connectivity index (χ4v) is 8.40. The Hall–Kier alpha value is -6.84. The van der Waals surface area contributed by atoms with Crippen LogP contribution < -0.4 is 14.5 Å². The number of hydrogen-bond donors (Lipinski definition) is 0. The van der Waals surface area contributed by atoms with E-state index in [-0.39, 0.29) is 5.41 Å². The lowest BCUT2D eigenvalue weighted by molar-refractivity contribution is 0.471. The Kier molecular flexibility index (Phi) is 7.48. The normalized spacial score (nSPS) is 13.3. The molecule has 8 aromatic rings. The van der Waals surface area contributed by atoms with E-state index >= 15 is 0 Å². The fraction of sp³-hybridized carbons (Fsp3) is 0.0588. The second-order valence-corrected chi connectivity index (χ2v) is 14.6. The highest BCUT2D eigenvalue weighted by Gasteiger charge is 2.44. The molecule has 0 fully saturated rings. The molecule has 0 amide bonds. The summed E-state index contributed by atoms with van der Waals surface area (Å²) in [5.41, 5.74) is 15.7. The molecule has 0 aromatic heterocycles. The molecule has 8 aromatic carbocycles. The highest BCUT2D eigenvalue weighted by Crippen LogP contribution is 2.63. The van der Waals surface area contributed by atoms with Crippen LogP contribution in [0.1, 0.15) is 25.0 Å². The molecule has 0 bridgehead atoms. The molecule has 3 nitrogen and oxygen atoms in total. The molecule has 2 aliphatic heterocycles. The fourth-order valence-electron chi connectivity index (χ4n) is 8.40. The van der Waals surface area contributed by atoms with Gasteiger partial charge in [-0.05, 0) is 93.5 Å². The van der Waals surface area contributed by atoms with Crippen LogP contribution in [0.4, 0.5) is 34.1 Å². The van der Waals surface area contributed by atoms with E-state index in [1.54, 1.807) is 0 Å². The van der Waals surface area contributed by atoms with Crippen LogP contribution in [0.15, 0.2) is 194 Å². The quantitative estimate of drug-likeness (QED) is 0.172. The molecule has 2 heterocycles. The molecule has 0 N–H and O–H groups in total. The molecule has 3 heteroatoms. The molecule has 0 saturated carbocycles. The summed E-state index contributed by atoms with van der Waals surface area (Å²) in [6, 6.07) is 69.5. The summed E-state index contributed by atoms with van der Waals surface area (Å²) < 4.78 is 6.92. The van der Waals surface area contributed by atoms with Crippen molar-refractivity contribution in [3.05, 3.63) is 205 Å². The van der Waals surface area contributed by atoms with Crippen molar-refractivity contribution in [1.82, 2.24) is 0 Å². The zero-order valence-electron chi connectivity index (χ0n) is 30.3. The third-order valence-electron chi connectivity index (χ3n) is 11.0. The number of anilines is 6. The van der Waals surface area contributed by atoms with Gasteiger partial charge in [0.05, 0.1) is 22.7 Å². The van der Waals surface area contributed by atoms with E-state index in [1.807, 2.05) is 0 Å². The van der Waals surface area contributed by atoms with Gasteiger partial charge in [-0.3, -0.25) is 0 Å². The first-order chi connectivity index (χ1) is 26.5. The Morgan fingerprint density at radius 2 is 0.981 bits per heavy atom. The van der Waals surface area contributed by atoms with Crippen molar-refractivity contribution in [2.75, 3.05) is 9.80 Å². The van der Waals surface area contributed by atoms with Crippen molar-refractivity contribution in [2.45, 2.75) is 19.3 Å². The summed E-state index contributed by atoms with van der Waals surface area (Å²) in [5.74, 6) is 1.70. The lowest BCUT2D eigenvalue weighted by Gasteiger charge is -2.46.